The van der Waals surface area contributed by atoms with Crippen LogP contribution in [0.4, 0.5) is 0 Å². The molecule has 0 bridgehead atoms. The summed E-state index contributed by atoms with van der Waals surface area (Å²) in [5.74, 6) is -1.32. The van der Waals surface area contributed by atoms with E-state index < -0.39 is 28.1 Å². The summed E-state index contributed by atoms with van der Waals surface area (Å²) in [5, 5.41) is 27.3. The van der Waals surface area contributed by atoms with Crippen molar-refractivity contribution in [3.8, 4) is 6.07 Å². The van der Waals surface area contributed by atoms with Crippen molar-refractivity contribution in [3.63, 3.8) is 0 Å². The second kappa shape index (κ2) is 5.61. The molecule has 112 valence electrons. The second-order valence-electron chi connectivity index (χ2n) is 4.57. The van der Waals surface area contributed by atoms with E-state index in [0.717, 1.165) is 10.4 Å². The quantitative estimate of drug-likeness (QED) is 0.829. The van der Waals surface area contributed by atoms with Gasteiger partial charge in [0.2, 0.25) is 10.0 Å². The molecule has 0 spiro atoms. The molecule has 7 nitrogen and oxygen atoms in total. The molecule has 1 aromatic rings. The summed E-state index contributed by atoms with van der Waals surface area (Å²) in [4.78, 5) is 10.9. The molecule has 1 saturated heterocycles. The number of rotatable bonds is 3. The summed E-state index contributed by atoms with van der Waals surface area (Å²) < 4.78 is 25.6. The topological polar surface area (TPSA) is 119 Å². The number of hydrogen-bond acceptors (Lipinski definition) is 5. The average Bonchev–Trinajstić information content (AvgIpc) is 2.81. The third-order valence-electron chi connectivity index (χ3n) is 3.19. The number of nitriles is 1. The molecule has 0 saturated carbocycles. The molecule has 2 atom stereocenters. The molecule has 2 rings (SSSR count). The Bertz CT molecular complexity index is 728. The van der Waals surface area contributed by atoms with Gasteiger partial charge < -0.3 is 10.2 Å². The summed E-state index contributed by atoms with van der Waals surface area (Å²) in [6.45, 7) is -0.295. The number of carboxylic acids is 1. The van der Waals surface area contributed by atoms with E-state index in [0.29, 0.717) is 0 Å². The van der Waals surface area contributed by atoms with E-state index in [9.17, 15) is 18.3 Å². The number of aliphatic hydroxyl groups excluding tert-OH is 1. The van der Waals surface area contributed by atoms with E-state index >= 15 is 0 Å². The zero-order valence-electron chi connectivity index (χ0n) is 10.6. The molecular weight excluding hydrogens is 320 g/mol. The second-order valence-corrected chi connectivity index (χ2v) is 6.87. The molecule has 0 aromatic heterocycles. The van der Waals surface area contributed by atoms with Gasteiger partial charge in [-0.2, -0.15) is 9.57 Å². The minimum Gasteiger partial charge on any atom is -0.480 e. The van der Waals surface area contributed by atoms with E-state index in [1.165, 1.54) is 12.1 Å². The Balaban J connectivity index is 2.45. The van der Waals surface area contributed by atoms with E-state index in [4.69, 9.17) is 22.0 Å². The molecule has 0 radical (unpaired) electrons. The van der Waals surface area contributed by atoms with Crippen LogP contribution < -0.4 is 0 Å². The summed E-state index contributed by atoms with van der Waals surface area (Å²) >= 11 is 5.80. The van der Waals surface area contributed by atoms with Crippen LogP contribution in [0.5, 0.6) is 0 Å². The van der Waals surface area contributed by atoms with Crippen LogP contribution in [0.15, 0.2) is 23.1 Å². The third-order valence-corrected chi connectivity index (χ3v) is 5.37. The minimum atomic E-state index is -4.11. The number of aliphatic carboxylic acids is 1. The lowest BCUT2D eigenvalue weighted by Gasteiger charge is -2.20. The zero-order valence-corrected chi connectivity index (χ0v) is 12.2. The van der Waals surface area contributed by atoms with Crippen molar-refractivity contribution in [2.75, 3.05) is 6.54 Å². The van der Waals surface area contributed by atoms with Gasteiger partial charge in [0.05, 0.1) is 21.6 Å². The van der Waals surface area contributed by atoms with Crippen LogP contribution >= 0.6 is 11.6 Å². The largest absolute Gasteiger partial charge is 0.480 e. The van der Waals surface area contributed by atoms with Gasteiger partial charge in [0, 0.05) is 13.0 Å². The lowest BCUT2D eigenvalue weighted by atomic mass is 10.2. The van der Waals surface area contributed by atoms with Crippen LogP contribution in [-0.2, 0) is 14.8 Å². The Labute approximate surface area is 126 Å². The number of benzene rings is 1. The Morgan fingerprint density at radius 1 is 1.48 bits per heavy atom. The number of carboxylic acid groups (broad SMARTS) is 1. The molecule has 9 heteroatoms. The van der Waals surface area contributed by atoms with Crippen LogP contribution in [0, 0.1) is 11.3 Å². The minimum absolute atomic E-state index is 0.0369. The van der Waals surface area contributed by atoms with Gasteiger partial charge >= 0.3 is 5.97 Å². The lowest BCUT2D eigenvalue weighted by molar-refractivity contribution is -0.140. The van der Waals surface area contributed by atoms with Gasteiger partial charge in [-0.15, -0.1) is 0 Å². The van der Waals surface area contributed by atoms with Gasteiger partial charge in [0.15, 0.2) is 0 Å². The molecule has 1 aliphatic rings. The Hall–Kier alpha value is -1.66. The predicted octanol–water partition coefficient (Wildman–Crippen LogP) is 0.420. The highest BCUT2D eigenvalue weighted by molar-refractivity contribution is 7.89. The van der Waals surface area contributed by atoms with E-state index in [1.54, 1.807) is 6.07 Å². The summed E-state index contributed by atoms with van der Waals surface area (Å²) in [7, 11) is -4.11. The number of sulfonamides is 1. The van der Waals surface area contributed by atoms with Gasteiger partial charge in [-0.1, -0.05) is 11.6 Å². The number of halogens is 1. The molecule has 21 heavy (non-hydrogen) atoms. The van der Waals surface area contributed by atoms with Crippen molar-refractivity contribution >= 4 is 27.6 Å². The van der Waals surface area contributed by atoms with E-state index in [-0.39, 0.29) is 28.4 Å². The summed E-state index contributed by atoms with van der Waals surface area (Å²) in [6.07, 6.45) is -1.20. The first-order valence-electron chi connectivity index (χ1n) is 5.89. The fourth-order valence-electron chi connectivity index (χ4n) is 2.16. The number of aliphatic hydroxyl groups is 1. The normalized spacial score (nSPS) is 22.9. The first-order chi connectivity index (χ1) is 9.77. The fourth-order valence-corrected chi connectivity index (χ4v) is 4.10. The molecular formula is C12H11ClN2O5S. The highest BCUT2D eigenvalue weighted by Crippen LogP contribution is 2.28. The fraction of sp³-hybridized carbons (Fsp3) is 0.333. The van der Waals surface area contributed by atoms with Gasteiger partial charge in [-0.3, -0.25) is 4.79 Å². The molecule has 1 fully saturated rings. The molecule has 1 heterocycles. The van der Waals surface area contributed by atoms with Crippen LogP contribution in [0.25, 0.3) is 0 Å². The maximum Gasteiger partial charge on any atom is 0.322 e. The number of nitrogens with zero attached hydrogens (tertiary/aromatic N) is 2. The highest BCUT2D eigenvalue weighted by atomic mass is 35.5. The molecule has 1 aliphatic heterocycles. The smallest absolute Gasteiger partial charge is 0.322 e. The van der Waals surface area contributed by atoms with E-state index in [1.807, 2.05) is 0 Å². The molecule has 0 unspecified atom stereocenters. The van der Waals surface area contributed by atoms with Crippen LogP contribution in [0.3, 0.4) is 0 Å². The van der Waals surface area contributed by atoms with Gasteiger partial charge in [-0.05, 0) is 18.2 Å². The molecule has 0 amide bonds. The number of carbonyl (C=O) groups is 1. The Morgan fingerprint density at radius 3 is 2.67 bits per heavy atom. The maximum atomic E-state index is 12.5. The molecule has 2 N–H and O–H groups in total. The number of β-amino-alcohol motifs (C(OH)–C–C–N with tert-alkyl or cyclic N) is 1. The monoisotopic (exact) mass is 330 g/mol. The van der Waals surface area contributed by atoms with Gasteiger partial charge in [0.25, 0.3) is 0 Å². The van der Waals surface area contributed by atoms with Crippen molar-refractivity contribution < 1.29 is 23.4 Å². The molecule has 0 aliphatic carbocycles. The van der Waals surface area contributed by atoms with Crippen molar-refractivity contribution in [1.29, 1.82) is 5.26 Å². The third kappa shape index (κ3) is 2.87. The molecule has 1 aromatic carbocycles. The highest BCUT2D eigenvalue weighted by Gasteiger charge is 2.43. The summed E-state index contributed by atoms with van der Waals surface area (Å²) in [5.41, 5.74) is 0.117. The van der Waals surface area contributed by atoms with Crippen LogP contribution in [-0.4, -0.2) is 47.6 Å². The first kappa shape index (κ1) is 15.7. The maximum absolute atomic E-state index is 12.5. The van der Waals surface area contributed by atoms with Crippen molar-refractivity contribution in [1.82, 2.24) is 4.31 Å². The number of hydrogen-bond donors (Lipinski definition) is 2. The van der Waals surface area contributed by atoms with Crippen LogP contribution in [0.1, 0.15) is 12.0 Å². The average molecular weight is 331 g/mol. The van der Waals surface area contributed by atoms with Crippen molar-refractivity contribution in [2.45, 2.75) is 23.5 Å². The summed E-state index contributed by atoms with van der Waals surface area (Å²) in [6, 6.07) is 4.01. The standard InChI is InChI=1S/C12H11ClN2O5S/c13-10-4-9(2-1-7(10)5-14)21(19,20)15-6-8(16)3-11(15)12(17)18/h1-2,4,8,11,16H,3,6H2,(H,17,18)/t8-,11-/m0/s1. The SMILES string of the molecule is N#Cc1ccc(S(=O)(=O)N2C[C@@H](O)C[C@H]2C(=O)O)cc1Cl. The van der Waals surface area contributed by atoms with Gasteiger partial charge in [-0.25, -0.2) is 8.42 Å². The van der Waals surface area contributed by atoms with Crippen molar-refractivity contribution in [3.05, 3.63) is 28.8 Å². The zero-order chi connectivity index (χ0) is 15.8. The lowest BCUT2D eigenvalue weighted by Crippen LogP contribution is -2.40. The Kier molecular flexibility index (Phi) is 4.20. The first-order valence-corrected chi connectivity index (χ1v) is 7.71. The van der Waals surface area contributed by atoms with Gasteiger partial charge in [0.1, 0.15) is 12.1 Å². The van der Waals surface area contributed by atoms with Crippen molar-refractivity contribution in [2.24, 2.45) is 0 Å². The Morgan fingerprint density at radius 2 is 2.14 bits per heavy atom. The predicted molar refractivity (Wildman–Crippen MR) is 72.1 cm³/mol. The van der Waals surface area contributed by atoms with E-state index in [2.05, 4.69) is 0 Å². The van der Waals surface area contributed by atoms with Crippen LogP contribution in [0.2, 0.25) is 5.02 Å².